The third-order valence-corrected chi connectivity index (χ3v) is 3.93. The third-order valence-electron chi connectivity index (χ3n) is 3.93. The van der Waals surface area contributed by atoms with E-state index in [1.807, 2.05) is 27.0 Å². The van der Waals surface area contributed by atoms with E-state index in [1.54, 1.807) is 0 Å². The average Bonchev–Trinajstić information content (AvgIpc) is 2.44. The van der Waals surface area contributed by atoms with Gasteiger partial charge in [0, 0.05) is 52.0 Å². The third kappa shape index (κ3) is 3.92. The zero-order valence-electron chi connectivity index (χ0n) is 13.1. The number of anilines is 1. The molecule has 2 rings (SSSR count). The van der Waals surface area contributed by atoms with E-state index < -0.39 is 5.91 Å². The molecule has 3 N–H and O–H groups in total. The van der Waals surface area contributed by atoms with Gasteiger partial charge in [0.05, 0.1) is 16.9 Å². The minimum absolute atomic E-state index is 0.413. The van der Waals surface area contributed by atoms with Crippen molar-refractivity contribution in [3.05, 3.63) is 23.0 Å². The van der Waals surface area contributed by atoms with Crippen LogP contribution in [0.4, 0.5) is 5.69 Å². The van der Waals surface area contributed by atoms with Crippen LogP contribution in [-0.2, 0) is 0 Å². The van der Waals surface area contributed by atoms with E-state index in [0.29, 0.717) is 11.3 Å². The number of carbonyl (C=O) groups excluding carboxylic acids is 1. The Balaban J connectivity index is 2.10. The predicted octanol–water partition coefficient (Wildman–Crippen LogP) is 0.139. The summed E-state index contributed by atoms with van der Waals surface area (Å²) in [7, 11) is 2.00. The maximum absolute atomic E-state index is 11.7. The number of amides is 1. The molecule has 1 aromatic rings. The summed E-state index contributed by atoms with van der Waals surface area (Å²) in [6.07, 6.45) is 0. The van der Waals surface area contributed by atoms with Crippen molar-refractivity contribution in [2.24, 2.45) is 5.73 Å². The summed E-state index contributed by atoms with van der Waals surface area (Å²) in [5.41, 5.74) is 8.53. The smallest absolute Gasteiger partial charge is 0.252 e. The van der Waals surface area contributed by atoms with E-state index in [1.165, 1.54) is 0 Å². The molecule has 0 spiro atoms. The first-order chi connectivity index (χ1) is 9.99. The molecule has 1 aliphatic heterocycles. The van der Waals surface area contributed by atoms with Crippen molar-refractivity contribution in [3.63, 3.8) is 0 Å². The van der Waals surface area contributed by atoms with Crippen LogP contribution < -0.4 is 16.0 Å². The van der Waals surface area contributed by atoms with Crippen molar-refractivity contribution in [3.8, 4) is 0 Å². The van der Waals surface area contributed by atoms with Gasteiger partial charge in [-0.15, -0.1) is 0 Å². The van der Waals surface area contributed by atoms with E-state index in [9.17, 15) is 4.79 Å². The van der Waals surface area contributed by atoms with E-state index in [2.05, 4.69) is 20.1 Å². The highest BCUT2D eigenvalue weighted by Crippen LogP contribution is 2.22. The van der Waals surface area contributed by atoms with Gasteiger partial charge in [0.15, 0.2) is 0 Å². The normalized spacial score (nSPS) is 16.0. The van der Waals surface area contributed by atoms with Crippen molar-refractivity contribution in [2.75, 3.05) is 51.2 Å². The molecule has 0 radical (unpaired) electrons. The minimum Gasteiger partial charge on any atom is -0.373 e. The summed E-state index contributed by atoms with van der Waals surface area (Å²) in [6.45, 7) is 9.86. The standard InChI is InChI=1S/C15H25N5O/c1-11-10-13(14(15(16)21)12(2)18-11)19(3)8-9-20-6-4-17-5-7-20/h10,17H,4-9H2,1-3H3,(H2,16,21). The number of hydrogen-bond donors (Lipinski definition) is 2. The summed E-state index contributed by atoms with van der Waals surface area (Å²) < 4.78 is 0. The van der Waals surface area contributed by atoms with Crippen LogP contribution in [0.1, 0.15) is 21.7 Å². The van der Waals surface area contributed by atoms with Crippen LogP contribution in [0.15, 0.2) is 6.07 Å². The topological polar surface area (TPSA) is 74.5 Å². The highest BCUT2D eigenvalue weighted by atomic mass is 16.1. The maximum Gasteiger partial charge on any atom is 0.252 e. The Morgan fingerprint density at radius 3 is 2.71 bits per heavy atom. The summed E-state index contributed by atoms with van der Waals surface area (Å²) in [6, 6.07) is 1.94. The van der Waals surface area contributed by atoms with Crippen LogP contribution >= 0.6 is 0 Å². The fourth-order valence-corrected chi connectivity index (χ4v) is 2.76. The Hall–Kier alpha value is -1.66. The van der Waals surface area contributed by atoms with Gasteiger partial charge < -0.3 is 16.0 Å². The first kappa shape index (κ1) is 15.7. The predicted molar refractivity (Wildman–Crippen MR) is 84.8 cm³/mol. The molecular formula is C15H25N5O. The number of piperazine rings is 1. The molecule has 1 amide bonds. The summed E-state index contributed by atoms with van der Waals surface area (Å²) in [4.78, 5) is 20.6. The second-order valence-electron chi connectivity index (χ2n) is 5.62. The van der Waals surface area contributed by atoms with Gasteiger partial charge in [0.25, 0.3) is 5.91 Å². The molecule has 1 saturated heterocycles. The summed E-state index contributed by atoms with van der Waals surface area (Å²) in [5.74, 6) is -0.413. The average molecular weight is 291 g/mol. The van der Waals surface area contributed by atoms with Gasteiger partial charge in [-0.3, -0.25) is 14.7 Å². The van der Waals surface area contributed by atoms with Gasteiger partial charge in [-0.1, -0.05) is 0 Å². The van der Waals surface area contributed by atoms with Crippen molar-refractivity contribution in [1.82, 2.24) is 15.2 Å². The van der Waals surface area contributed by atoms with Crippen LogP contribution in [0, 0.1) is 13.8 Å². The molecule has 2 heterocycles. The molecule has 0 bridgehead atoms. The molecule has 0 saturated carbocycles. The Labute approximate surface area is 126 Å². The lowest BCUT2D eigenvalue weighted by atomic mass is 10.1. The Bertz CT molecular complexity index is 511. The van der Waals surface area contributed by atoms with Crippen LogP contribution in [0.2, 0.25) is 0 Å². The number of aryl methyl sites for hydroxylation is 2. The van der Waals surface area contributed by atoms with E-state index >= 15 is 0 Å². The number of carbonyl (C=O) groups is 1. The van der Waals surface area contributed by atoms with Gasteiger partial charge in [-0.2, -0.15) is 0 Å². The lowest BCUT2D eigenvalue weighted by Gasteiger charge is -2.30. The van der Waals surface area contributed by atoms with Crippen molar-refractivity contribution < 1.29 is 4.79 Å². The number of aromatic nitrogens is 1. The van der Waals surface area contributed by atoms with Crippen LogP contribution in [0.25, 0.3) is 0 Å². The molecule has 116 valence electrons. The number of nitrogens with zero attached hydrogens (tertiary/aromatic N) is 3. The minimum atomic E-state index is -0.413. The number of pyridine rings is 1. The quantitative estimate of drug-likeness (QED) is 0.807. The number of rotatable bonds is 5. The molecule has 0 unspecified atom stereocenters. The highest BCUT2D eigenvalue weighted by molar-refractivity contribution is 5.99. The number of likely N-dealkylation sites (N-methyl/N-ethyl adjacent to an activating group) is 1. The first-order valence-electron chi connectivity index (χ1n) is 7.41. The molecule has 1 aliphatic rings. The molecule has 1 fully saturated rings. The Morgan fingerprint density at radius 2 is 2.10 bits per heavy atom. The lowest BCUT2D eigenvalue weighted by molar-refractivity contribution is 0.1000. The fourth-order valence-electron chi connectivity index (χ4n) is 2.76. The molecule has 1 aromatic heterocycles. The van der Waals surface area contributed by atoms with Gasteiger partial charge >= 0.3 is 0 Å². The molecule has 0 aliphatic carbocycles. The second kappa shape index (κ2) is 6.87. The van der Waals surface area contributed by atoms with Crippen molar-refractivity contribution in [1.29, 1.82) is 0 Å². The van der Waals surface area contributed by atoms with Crippen LogP contribution in [-0.4, -0.2) is 62.1 Å². The van der Waals surface area contributed by atoms with Gasteiger partial charge in [0.2, 0.25) is 0 Å². The first-order valence-corrected chi connectivity index (χ1v) is 7.41. The van der Waals surface area contributed by atoms with Crippen LogP contribution in [0.3, 0.4) is 0 Å². The zero-order chi connectivity index (χ0) is 15.4. The van der Waals surface area contributed by atoms with Gasteiger partial charge in [-0.25, -0.2) is 0 Å². The highest BCUT2D eigenvalue weighted by Gasteiger charge is 2.17. The fraction of sp³-hybridized carbons (Fsp3) is 0.600. The number of nitrogens with one attached hydrogen (secondary N) is 1. The second-order valence-corrected chi connectivity index (χ2v) is 5.62. The lowest BCUT2D eigenvalue weighted by Crippen LogP contribution is -2.46. The number of nitrogens with two attached hydrogens (primary N) is 1. The molecule has 6 heteroatoms. The van der Waals surface area contributed by atoms with Gasteiger partial charge in [0.1, 0.15) is 0 Å². The molecule has 21 heavy (non-hydrogen) atoms. The van der Waals surface area contributed by atoms with Gasteiger partial charge in [-0.05, 0) is 19.9 Å². The van der Waals surface area contributed by atoms with E-state index in [4.69, 9.17) is 5.73 Å². The molecule has 0 atom stereocenters. The monoisotopic (exact) mass is 291 g/mol. The Kier molecular flexibility index (Phi) is 5.14. The molecule has 6 nitrogen and oxygen atoms in total. The van der Waals surface area contributed by atoms with Crippen molar-refractivity contribution in [2.45, 2.75) is 13.8 Å². The zero-order valence-corrected chi connectivity index (χ0v) is 13.1. The number of hydrogen-bond acceptors (Lipinski definition) is 5. The summed E-state index contributed by atoms with van der Waals surface area (Å²) in [5, 5.41) is 3.35. The Morgan fingerprint density at radius 1 is 1.43 bits per heavy atom. The maximum atomic E-state index is 11.7. The molecular weight excluding hydrogens is 266 g/mol. The van der Waals surface area contributed by atoms with E-state index in [0.717, 1.165) is 50.6 Å². The summed E-state index contributed by atoms with van der Waals surface area (Å²) >= 11 is 0. The van der Waals surface area contributed by atoms with Crippen molar-refractivity contribution >= 4 is 11.6 Å². The largest absolute Gasteiger partial charge is 0.373 e. The van der Waals surface area contributed by atoms with Crippen LogP contribution in [0.5, 0.6) is 0 Å². The SMILES string of the molecule is Cc1cc(N(C)CCN2CCNCC2)c(C(N)=O)c(C)n1. The molecule has 0 aromatic carbocycles. The number of primary amides is 1. The van der Waals surface area contributed by atoms with E-state index in [-0.39, 0.29) is 0 Å².